The van der Waals surface area contributed by atoms with Crippen LogP contribution in [0.2, 0.25) is 0 Å². The van der Waals surface area contributed by atoms with E-state index in [0.717, 1.165) is 11.3 Å². The molecule has 0 unspecified atom stereocenters. The maximum Gasteiger partial charge on any atom is 0.285 e. The summed E-state index contributed by atoms with van der Waals surface area (Å²) in [6.07, 6.45) is 0. The van der Waals surface area contributed by atoms with Crippen molar-refractivity contribution in [3.63, 3.8) is 0 Å². The van der Waals surface area contributed by atoms with E-state index in [1.54, 1.807) is 25.2 Å². The van der Waals surface area contributed by atoms with E-state index in [4.69, 9.17) is 4.74 Å². The fraction of sp³-hybridized carbons (Fsp3) is 0.263. The van der Waals surface area contributed by atoms with Crippen molar-refractivity contribution in [3.05, 3.63) is 59.7 Å². The number of aryl methyl sites for hydroxylation is 1. The van der Waals surface area contributed by atoms with Crippen LogP contribution in [-0.4, -0.2) is 51.8 Å². The fourth-order valence-corrected chi connectivity index (χ4v) is 3.96. The number of hydrogen-bond donors (Lipinski definition) is 1. The van der Waals surface area contributed by atoms with Crippen LogP contribution in [0.4, 0.5) is 0 Å². The van der Waals surface area contributed by atoms with Gasteiger partial charge < -0.3 is 15.0 Å². The van der Waals surface area contributed by atoms with Gasteiger partial charge in [-0.15, -0.1) is 4.40 Å². The van der Waals surface area contributed by atoms with Crippen molar-refractivity contribution in [2.75, 3.05) is 26.7 Å². The van der Waals surface area contributed by atoms with Gasteiger partial charge in [-0.2, -0.15) is 8.42 Å². The minimum absolute atomic E-state index is 0.00673. The van der Waals surface area contributed by atoms with Gasteiger partial charge >= 0.3 is 0 Å². The number of amidine groups is 1. The lowest BCUT2D eigenvalue weighted by Gasteiger charge is -2.18. The van der Waals surface area contributed by atoms with Crippen LogP contribution in [0.25, 0.3) is 0 Å². The Morgan fingerprint density at radius 2 is 1.85 bits per heavy atom. The highest BCUT2D eigenvalue weighted by molar-refractivity contribution is 7.90. The number of likely N-dealkylation sites (N-methyl/N-ethyl adjacent to an activating group) is 1. The van der Waals surface area contributed by atoms with Gasteiger partial charge in [-0.1, -0.05) is 29.8 Å². The third-order valence-electron chi connectivity index (χ3n) is 4.07. The zero-order valence-electron chi connectivity index (χ0n) is 15.2. The second kappa shape index (κ2) is 7.79. The van der Waals surface area contributed by atoms with E-state index in [-0.39, 0.29) is 23.2 Å². The number of nitrogens with zero attached hydrogens (tertiary/aromatic N) is 2. The van der Waals surface area contributed by atoms with E-state index in [0.29, 0.717) is 18.7 Å². The van der Waals surface area contributed by atoms with Crippen LogP contribution in [0.5, 0.6) is 5.75 Å². The van der Waals surface area contributed by atoms with Crippen molar-refractivity contribution in [2.24, 2.45) is 4.40 Å². The number of carbonyl (C=O) groups is 1. The van der Waals surface area contributed by atoms with Crippen LogP contribution >= 0.6 is 0 Å². The number of carbonyl (C=O) groups excluding carboxylic acids is 1. The Hall–Kier alpha value is -2.87. The highest BCUT2D eigenvalue weighted by Gasteiger charge is 2.30. The summed E-state index contributed by atoms with van der Waals surface area (Å²) in [4.78, 5) is 13.8. The number of hydrogen-bond acceptors (Lipinski definition) is 5. The van der Waals surface area contributed by atoms with E-state index in [9.17, 15) is 13.2 Å². The third-order valence-corrected chi connectivity index (χ3v) is 5.39. The minimum atomic E-state index is -3.70. The second-order valence-electron chi connectivity index (χ2n) is 6.25. The Morgan fingerprint density at radius 3 is 2.59 bits per heavy atom. The van der Waals surface area contributed by atoms with Crippen molar-refractivity contribution in [3.8, 4) is 5.75 Å². The predicted octanol–water partition coefficient (Wildman–Crippen LogP) is 1.57. The Balaban J connectivity index is 1.50. The van der Waals surface area contributed by atoms with Gasteiger partial charge in [0.2, 0.25) is 5.91 Å². The highest BCUT2D eigenvalue weighted by Crippen LogP contribution is 2.26. The number of ether oxygens (including phenoxy) is 1. The van der Waals surface area contributed by atoms with Gasteiger partial charge in [-0.05, 0) is 31.2 Å². The molecule has 27 heavy (non-hydrogen) atoms. The van der Waals surface area contributed by atoms with Gasteiger partial charge in [-0.3, -0.25) is 4.79 Å². The fourth-order valence-electron chi connectivity index (χ4n) is 2.70. The SMILES string of the molecule is Cc1ccc(OCCNC(=O)CN(C)C2=NS(=O)(=O)c3ccccc32)cc1. The molecule has 0 fully saturated rings. The number of amides is 1. The van der Waals surface area contributed by atoms with Crippen LogP contribution in [-0.2, 0) is 14.8 Å². The average molecular weight is 387 g/mol. The molecule has 7 nitrogen and oxygen atoms in total. The number of benzene rings is 2. The molecule has 1 amide bonds. The molecule has 2 aromatic rings. The summed E-state index contributed by atoms with van der Waals surface area (Å²) in [5, 5.41) is 2.75. The molecule has 0 saturated heterocycles. The first-order valence-corrected chi connectivity index (χ1v) is 9.92. The highest BCUT2D eigenvalue weighted by atomic mass is 32.2. The van der Waals surface area contributed by atoms with Crippen molar-refractivity contribution >= 4 is 21.8 Å². The summed E-state index contributed by atoms with van der Waals surface area (Å²) in [5.41, 5.74) is 1.66. The summed E-state index contributed by atoms with van der Waals surface area (Å²) in [6, 6.07) is 14.2. The van der Waals surface area contributed by atoms with Crippen LogP contribution < -0.4 is 10.1 Å². The Morgan fingerprint density at radius 1 is 1.15 bits per heavy atom. The number of sulfonamides is 1. The molecule has 142 valence electrons. The molecule has 1 aliphatic heterocycles. The monoisotopic (exact) mass is 387 g/mol. The third kappa shape index (κ3) is 4.46. The van der Waals surface area contributed by atoms with Gasteiger partial charge in [0.1, 0.15) is 17.3 Å². The standard InChI is InChI=1S/C19H21N3O4S/c1-14-7-9-15(10-8-14)26-12-11-20-18(23)13-22(2)19-16-5-3-4-6-17(16)27(24,25)21-19/h3-10H,11-13H2,1-2H3,(H,20,23). The number of fused-ring (bicyclic) bond motifs is 1. The molecule has 0 saturated carbocycles. The summed E-state index contributed by atoms with van der Waals surface area (Å²) >= 11 is 0. The number of rotatable bonds is 6. The molecule has 0 atom stereocenters. The van der Waals surface area contributed by atoms with E-state index >= 15 is 0 Å². The number of nitrogens with one attached hydrogen (secondary N) is 1. The maximum absolute atomic E-state index is 12.1. The first-order valence-electron chi connectivity index (χ1n) is 8.48. The van der Waals surface area contributed by atoms with Crippen molar-refractivity contribution in [2.45, 2.75) is 11.8 Å². The second-order valence-corrected chi connectivity index (χ2v) is 7.83. The zero-order valence-corrected chi connectivity index (χ0v) is 16.0. The molecule has 3 rings (SSSR count). The average Bonchev–Trinajstić information content (AvgIpc) is 2.92. The topological polar surface area (TPSA) is 88.1 Å². The van der Waals surface area contributed by atoms with E-state index in [1.807, 2.05) is 31.2 Å². The summed E-state index contributed by atoms with van der Waals surface area (Å²) in [7, 11) is -2.06. The Bertz CT molecular complexity index is 969. The molecule has 0 spiro atoms. The smallest absolute Gasteiger partial charge is 0.285 e. The van der Waals surface area contributed by atoms with Crippen molar-refractivity contribution in [1.82, 2.24) is 10.2 Å². The van der Waals surface area contributed by atoms with E-state index < -0.39 is 10.0 Å². The van der Waals surface area contributed by atoms with Crippen LogP contribution in [0.3, 0.4) is 0 Å². The predicted molar refractivity (Wildman–Crippen MR) is 102 cm³/mol. The lowest BCUT2D eigenvalue weighted by molar-refractivity contribution is -0.121. The van der Waals surface area contributed by atoms with Gasteiger partial charge in [0, 0.05) is 12.6 Å². The molecule has 0 aliphatic carbocycles. The normalized spacial score (nSPS) is 14.2. The molecule has 1 heterocycles. The van der Waals surface area contributed by atoms with Gasteiger partial charge in [0.25, 0.3) is 10.0 Å². The molecular weight excluding hydrogens is 366 g/mol. The van der Waals surface area contributed by atoms with Gasteiger partial charge in [0.05, 0.1) is 13.1 Å². The molecule has 8 heteroatoms. The maximum atomic E-state index is 12.1. The molecule has 0 radical (unpaired) electrons. The summed E-state index contributed by atoms with van der Waals surface area (Å²) in [5.74, 6) is 0.778. The molecule has 1 N–H and O–H groups in total. The zero-order chi connectivity index (χ0) is 19.4. The first-order chi connectivity index (χ1) is 12.9. The van der Waals surface area contributed by atoms with Crippen molar-refractivity contribution in [1.29, 1.82) is 0 Å². The lowest BCUT2D eigenvalue weighted by atomic mass is 10.2. The Labute approximate surface area is 158 Å². The van der Waals surface area contributed by atoms with Crippen LogP contribution in [0.1, 0.15) is 11.1 Å². The van der Waals surface area contributed by atoms with Gasteiger partial charge in [0.15, 0.2) is 5.84 Å². The Kier molecular flexibility index (Phi) is 5.46. The van der Waals surface area contributed by atoms with Gasteiger partial charge in [-0.25, -0.2) is 0 Å². The summed E-state index contributed by atoms with van der Waals surface area (Å²) in [6.45, 7) is 2.69. The first kappa shape index (κ1) is 18.9. The molecular formula is C19H21N3O4S. The van der Waals surface area contributed by atoms with Crippen LogP contribution in [0, 0.1) is 6.92 Å². The largest absolute Gasteiger partial charge is 0.492 e. The van der Waals surface area contributed by atoms with E-state index in [1.165, 1.54) is 11.0 Å². The van der Waals surface area contributed by atoms with Crippen molar-refractivity contribution < 1.29 is 17.9 Å². The lowest BCUT2D eigenvalue weighted by Crippen LogP contribution is -2.39. The summed E-state index contributed by atoms with van der Waals surface area (Å²) < 4.78 is 33.5. The minimum Gasteiger partial charge on any atom is -0.492 e. The van der Waals surface area contributed by atoms with E-state index in [2.05, 4.69) is 9.71 Å². The molecule has 1 aliphatic rings. The molecule has 2 aromatic carbocycles. The molecule has 0 aromatic heterocycles. The van der Waals surface area contributed by atoms with Crippen LogP contribution in [0.15, 0.2) is 57.8 Å². The quantitative estimate of drug-likeness (QED) is 0.760. The molecule has 0 bridgehead atoms.